The molecule has 3 N–H and O–H groups in total. The predicted molar refractivity (Wildman–Crippen MR) is 132 cm³/mol. The van der Waals surface area contributed by atoms with Crippen molar-refractivity contribution in [1.29, 1.82) is 0 Å². The van der Waals surface area contributed by atoms with Gasteiger partial charge in [-0.15, -0.1) is 0 Å². The maximum absolute atomic E-state index is 12.8. The highest BCUT2D eigenvalue weighted by atomic mass is 16.2. The van der Waals surface area contributed by atoms with Gasteiger partial charge in [-0.25, -0.2) is 19.6 Å². The zero-order valence-corrected chi connectivity index (χ0v) is 19.3. The van der Waals surface area contributed by atoms with E-state index in [0.717, 1.165) is 42.5 Å². The van der Waals surface area contributed by atoms with Crippen molar-refractivity contribution in [1.82, 2.24) is 29.7 Å². The number of aromatic nitrogens is 3. The Morgan fingerprint density at radius 3 is 2.50 bits per heavy atom. The molecule has 2 saturated heterocycles. The molecule has 3 aromatic rings. The Bertz CT molecular complexity index is 1180. The first-order valence-corrected chi connectivity index (χ1v) is 11.8. The van der Waals surface area contributed by atoms with Crippen molar-refractivity contribution < 1.29 is 9.59 Å². The lowest BCUT2D eigenvalue weighted by atomic mass is 10.0. The van der Waals surface area contributed by atoms with Crippen LogP contribution in [0.4, 0.5) is 26.9 Å². The molecule has 0 aliphatic carbocycles. The van der Waals surface area contributed by atoms with Crippen LogP contribution in [-0.2, 0) is 0 Å². The van der Waals surface area contributed by atoms with E-state index in [0.29, 0.717) is 17.7 Å². The van der Waals surface area contributed by atoms with Gasteiger partial charge in [0.05, 0.1) is 5.52 Å². The molecule has 2 fully saturated rings. The highest BCUT2D eigenvalue weighted by molar-refractivity contribution is 5.99. The van der Waals surface area contributed by atoms with Crippen molar-refractivity contribution in [2.75, 3.05) is 43.9 Å². The van der Waals surface area contributed by atoms with Crippen LogP contribution in [0.2, 0.25) is 0 Å². The second-order valence-corrected chi connectivity index (χ2v) is 8.78. The van der Waals surface area contributed by atoms with Crippen molar-refractivity contribution in [3.63, 3.8) is 0 Å². The monoisotopic (exact) mass is 462 g/mol. The Hall–Kier alpha value is -3.66. The maximum Gasteiger partial charge on any atom is 0.325 e. The summed E-state index contributed by atoms with van der Waals surface area (Å²) in [4.78, 5) is 37.8. The predicted octanol–water partition coefficient (Wildman–Crippen LogP) is 3.45. The number of nitrogens with one attached hydrogen (secondary N) is 3. The van der Waals surface area contributed by atoms with Gasteiger partial charge in [0.25, 0.3) is 0 Å². The van der Waals surface area contributed by atoms with E-state index < -0.39 is 0 Å². The Kier molecular flexibility index (Phi) is 6.31. The SMILES string of the molecule is CNC(=O)n1ccc2c(Nc3cc(NC(=O)N4CCC(N5CCCC5)CC4)ncn3)cccc21. The minimum absolute atomic E-state index is 0.130. The van der Waals surface area contributed by atoms with Crippen molar-refractivity contribution >= 4 is 40.3 Å². The Balaban J connectivity index is 1.23. The number of urea groups is 1. The summed E-state index contributed by atoms with van der Waals surface area (Å²) < 4.78 is 1.55. The van der Waals surface area contributed by atoms with Crippen LogP contribution in [-0.4, -0.2) is 75.7 Å². The molecule has 3 amide bonds. The number of benzene rings is 1. The van der Waals surface area contributed by atoms with E-state index in [1.165, 1.54) is 32.3 Å². The number of piperidine rings is 1. The summed E-state index contributed by atoms with van der Waals surface area (Å²) in [6.45, 7) is 3.90. The average Bonchev–Trinajstić information content (AvgIpc) is 3.55. The summed E-state index contributed by atoms with van der Waals surface area (Å²) >= 11 is 0. The first kappa shape index (κ1) is 22.1. The normalized spacial score (nSPS) is 17.1. The summed E-state index contributed by atoms with van der Waals surface area (Å²) in [5.74, 6) is 0.998. The number of likely N-dealkylation sites (tertiary alicyclic amines) is 2. The number of nitrogens with zero attached hydrogens (tertiary/aromatic N) is 5. The second-order valence-electron chi connectivity index (χ2n) is 8.78. The average molecular weight is 463 g/mol. The summed E-state index contributed by atoms with van der Waals surface area (Å²) in [5.41, 5.74) is 1.59. The third-order valence-corrected chi connectivity index (χ3v) is 6.74. The van der Waals surface area contributed by atoms with Gasteiger partial charge in [-0.1, -0.05) is 6.07 Å². The van der Waals surface area contributed by atoms with E-state index in [1.54, 1.807) is 23.9 Å². The standard InChI is InChI=1S/C24H30N8O2/c1-25-23(33)32-14-9-18-19(5-4-6-20(18)32)28-21-15-22(27-16-26-21)29-24(34)31-12-7-17(8-13-31)30-10-2-3-11-30/h4-6,9,14-17H,2-3,7-8,10-13H2,1H3,(H,25,33)(H2,26,27,28,29,34). The minimum Gasteiger partial charge on any atom is -0.340 e. The molecule has 0 saturated carbocycles. The van der Waals surface area contributed by atoms with Crippen molar-refractivity contribution in [3.05, 3.63) is 42.9 Å². The van der Waals surface area contributed by atoms with Crippen LogP contribution in [0.5, 0.6) is 0 Å². The van der Waals surface area contributed by atoms with E-state index in [4.69, 9.17) is 0 Å². The minimum atomic E-state index is -0.205. The first-order chi connectivity index (χ1) is 16.6. The van der Waals surface area contributed by atoms with Crippen LogP contribution in [0.1, 0.15) is 25.7 Å². The molecule has 2 aliphatic rings. The number of rotatable bonds is 4. The summed E-state index contributed by atoms with van der Waals surface area (Å²) in [6, 6.07) is 9.53. The molecule has 10 heteroatoms. The largest absolute Gasteiger partial charge is 0.340 e. The molecule has 4 heterocycles. The zero-order chi connectivity index (χ0) is 23.5. The Labute approximate surface area is 198 Å². The number of hydrogen-bond acceptors (Lipinski definition) is 6. The van der Waals surface area contributed by atoms with Crippen LogP contribution >= 0.6 is 0 Å². The topological polar surface area (TPSA) is 107 Å². The van der Waals surface area contributed by atoms with E-state index in [9.17, 15) is 9.59 Å². The second kappa shape index (κ2) is 9.68. The fraction of sp³-hybridized carbons (Fsp3) is 0.417. The Morgan fingerprint density at radius 1 is 0.971 bits per heavy atom. The third kappa shape index (κ3) is 4.54. The van der Waals surface area contributed by atoms with Gasteiger partial charge in [0.2, 0.25) is 0 Å². The van der Waals surface area contributed by atoms with E-state index in [1.807, 2.05) is 29.2 Å². The van der Waals surface area contributed by atoms with Crippen LogP contribution in [0, 0.1) is 0 Å². The number of hydrogen-bond donors (Lipinski definition) is 3. The molecule has 2 aromatic heterocycles. The molecule has 34 heavy (non-hydrogen) atoms. The molecule has 1 aromatic carbocycles. The molecule has 0 atom stereocenters. The molecule has 0 spiro atoms. The highest BCUT2D eigenvalue weighted by Crippen LogP contribution is 2.27. The summed E-state index contributed by atoms with van der Waals surface area (Å²) in [7, 11) is 1.60. The molecule has 0 bridgehead atoms. The highest BCUT2D eigenvalue weighted by Gasteiger charge is 2.28. The van der Waals surface area contributed by atoms with Gasteiger partial charge in [0, 0.05) is 49.5 Å². The van der Waals surface area contributed by atoms with Gasteiger partial charge < -0.3 is 20.4 Å². The smallest absolute Gasteiger partial charge is 0.325 e. The van der Waals surface area contributed by atoms with Gasteiger partial charge >= 0.3 is 12.1 Å². The molecule has 0 radical (unpaired) electrons. The van der Waals surface area contributed by atoms with Gasteiger partial charge in [0.1, 0.15) is 18.0 Å². The van der Waals surface area contributed by atoms with Gasteiger partial charge in [-0.2, -0.15) is 0 Å². The quantitative estimate of drug-likeness (QED) is 0.548. The number of carbonyl (C=O) groups is 2. The first-order valence-electron chi connectivity index (χ1n) is 11.8. The zero-order valence-electron chi connectivity index (χ0n) is 19.3. The number of fused-ring (bicyclic) bond motifs is 1. The van der Waals surface area contributed by atoms with Crippen LogP contribution < -0.4 is 16.0 Å². The van der Waals surface area contributed by atoms with Crippen molar-refractivity contribution in [2.45, 2.75) is 31.7 Å². The molecule has 0 unspecified atom stereocenters. The van der Waals surface area contributed by atoms with Crippen molar-refractivity contribution in [3.8, 4) is 0 Å². The van der Waals surface area contributed by atoms with Crippen molar-refractivity contribution in [2.24, 2.45) is 0 Å². The number of carbonyl (C=O) groups excluding carboxylic acids is 2. The van der Waals surface area contributed by atoms with E-state index >= 15 is 0 Å². The number of amides is 3. The van der Waals surface area contributed by atoms with Gasteiger partial charge in [-0.3, -0.25) is 9.88 Å². The van der Waals surface area contributed by atoms with E-state index in [-0.39, 0.29) is 12.1 Å². The molecular formula is C24H30N8O2. The fourth-order valence-electron chi connectivity index (χ4n) is 4.94. The maximum atomic E-state index is 12.8. The molecular weight excluding hydrogens is 432 g/mol. The summed E-state index contributed by atoms with van der Waals surface area (Å²) in [6.07, 6.45) is 7.77. The lowest BCUT2D eigenvalue weighted by Gasteiger charge is -2.36. The lowest BCUT2D eigenvalue weighted by Crippen LogP contribution is -2.47. The number of anilines is 3. The fourth-order valence-corrected chi connectivity index (χ4v) is 4.94. The molecule has 178 valence electrons. The summed E-state index contributed by atoms with van der Waals surface area (Å²) in [5, 5.41) is 9.71. The van der Waals surface area contributed by atoms with Gasteiger partial charge in [-0.05, 0) is 57.0 Å². The molecule has 5 rings (SSSR count). The van der Waals surface area contributed by atoms with Crippen LogP contribution in [0.25, 0.3) is 10.9 Å². The van der Waals surface area contributed by atoms with Crippen LogP contribution in [0.15, 0.2) is 42.9 Å². The lowest BCUT2D eigenvalue weighted by molar-refractivity contribution is 0.140. The van der Waals surface area contributed by atoms with E-state index in [2.05, 4.69) is 30.8 Å². The van der Waals surface area contributed by atoms with Gasteiger partial charge in [0.15, 0.2) is 0 Å². The molecule has 2 aliphatic heterocycles. The Morgan fingerprint density at radius 2 is 1.74 bits per heavy atom. The molecule has 10 nitrogen and oxygen atoms in total. The third-order valence-electron chi connectivity index (χ3n) is 6.74. The van der Waals surface area contributed by atoms with Crippen LogP contribution in [0.3, 0.4) is 0 Å².